The van der Waals surface area contributed by atoms with Crippen LogP contribution in [-0.2, 0) is 19.6 Å². The number of ether oxygens (including phenoxy) is 3. The standard InChI is InChI=1S/C22H27FN2O6S/c1-15(2)30-21-9-8-19(32(27,28)25-10-12-29-13-11-25)14-20(21)24-22(26)16(3)31-18-6-4-17(23)5-7-18/h4-9,14-16H,10-13H2,1-3H3,(H,24,26)/t16-/m1/s1. The maximum Gasteiger partial charge on any atom is 0.265 e. The third-order valence-electron chi connectivity index (χ3n) is 4.68. The van der Waals surface area contributed by atoms with E-state index >= 15 is 0 Å². The summed E-state index contributed by atoms with van der Waals surface area (Å²) in [6, 6.07) is 9.66. The van der Waals surface area contributed by atoms with Gasteiger partial charge in [-0.1, -0.05) is 0 Å². The first-order chi connectivity index (χ1) is 15.2. The van der Waals surface area contributed by atoms with Crippen LogP contribution in [0.5, 0.6) is 11.5 Å². The number of carbonyl (C=O) groups excluding carboxylic acids is 1. The van der Waals surface area contributed by atoms with Crippen LogP contribution in [0, 0.1) is 5.82 Å². The van der Waals surface area contributed by atoms with Gasteiger partial charge < -0.3 is 19.5 Å². The normalized spacial score (nSPS) is 15.9. The highest BCUT2D eigenvalue weighted by Crippen LogP contribution is 2.30. The molecule has 0 unspecified atom stereocenters. The van der Waals surface area contributed by atoms with E-state index in [0.717, 1.165) is 0 Å². The van der Waals surface area contributed by atoms with Gasteiger partial charge in [0.15, 0.2) is 6.10 Å². The maximum absolute atomic E-state index is 13.1. The lowest BCUT2D eigenvalue weighted by atomic mass is 10.2. The summed E-state index contributed by atoms with van der Waals surface area (Å²) in [5.74, 6) is -0.258. The number of carbonyl (C=O) groups is 1. The molecule has 1 N–H and O–H groups in total. The van der Waals surface area contributed by atoms with Gasteiger partial charge in [-0.05, 0) is 63.2 Å². The Hall–Kier alpha value is -2.69. The third kappa shape index (κ3) is 5.96. The number of nitrogens with zero attached hydrogens (tertiary/aromatic N) is 1. The van der Waals surface area contributed by atoms with Crippen LogP contribution in [-0.4, -0.2) is 57.1 Å². The van der Waals surface area contributed by atoms with Gasteiger partial charge in [0.2, 0.25) is 10.0 Å². The van der Waals surface area contributed by atoms with E-state index < -0.39 is 27.9 Å². The zero-order valence-electron chi connectivity index (χ0n) is 18.2. The molecule has 0 bridgehead atoms. The van der Waals surface area contributed by atoms with Crippen molar-refractivity contribution >= 4 is 21.6 Å². The second-order valence-electron chi connectivity index (χ2n) is 7.54. The molecule has 1 heterocycles. The Balaban J connectivity index is 1.82. The van der Waals surface area contributed by atoms with E-state index in [0.29, 0.717) is 24.7 Å². The second-order valence-corrected chi connectivity index (χ2v) is 9.48. The SMILES string of the molecule is CC(C)Oc1ccc(S(=O)(=O)N2CCOCC2)cc1NC(=O)[C@@H](C)Oc1ccc(F)cc1. The molecule has 1 amide bonds. The largest absolute Gasteiger partial charge is 0.489 e. The van der Waals surface area contributed by atoms with Crippen LogP contribution < -0.4 is 14.8 Å². The molecule has 1 aliphatic heterocycles. The Morgan fingerprint density at radius 1 is 1.06 bits per heavy atom. The molecule has 0 aliphatic carbocycles. The van der Waals surface area contributed by atoms with Gasteiger partial charge in [0.25, 0.3) is 5.91 Å². The molecule has 1 fully saturated rings. The third-order valence-corrected chi connectivity index (χ3v) is 6.57. The van der Waals surface area contributed by atoms with Gasteiger partial charge >= 0.3 is 0 Å². The van der Waals surface area contributed by atoms with Gasteiger partial charge in [0.05, 0.1) is 29.9 Å². The molecular formula is C22H27FN2O6S. The molecule has 1 aliphatic rings. The van der Waals surface area contributed by atoms with Crippen molar-refractivity contribution in [2.45, 2.75) is 37.9 Å². The monoisotopic (exact) mass is 466 g/mol. The summed E-state index contributed by atoms with van der Waals surface area (Å²) >= 11 is 0. The molecular weight excluding hydrogens is 439 g/mol. The van der Waals surface area contributed by atoms with E-state index in [-0.39, 0.29) is 29.8 Å². The molecule has 2 aromatic carbocycles. The number of hydrogen-bond donors (Lipinski definition) is 1. The van der Waals surface area contributed by atoms with Crippen LogP contribution in [0.3, 0.4) is 0 Å². The molecule has 174 valence electrons. The van der Waals surface area contributed by atoms with Crippen molar-refractivity contribution in [1.29, 1.82) is 0 Å². The van der Waals surface area contributed by atoms with Gasteiger partial charge in [0, 0.05) is 13.1 Å². The predicted molar refractivity (Wildman–Crippen MR) is 117 cm³/mol. The average Bonchev–Trinajstić information content (AvgIpc) is 2.76. The fourth-order valence-corrected chi connectivity index (χ4v) is 4.50. The highest BCUT2D eigenvalue weighted by atomic mass is 32.2. The van der Waals surface area contributed by atoms with Crippen molar-refractivity contribution in [1.82, 2.24) is 4.31 Å². The molecule has 3 rings (SSSR count). The molecule has 1 atom stereocenters. The van der Waals surface area contributed by atoms with Crippen LogP contribution in [0.15, 0.2) is 47.4 Å². The summed E-state index contributed by atoms with van der Waals surface area (Å²) in [5, 5.41) is 2.69. The van der Waals surface area contributed by atoms with Crippen molar-refractivity contribution in [2.75, 3.05) is 31.6 Å². The van der Waals surface area contributed by atoms with Crippen LogP contribution in [0.1, 0.15) is 20.8 Å². The molecule has 1 saturated heterocycles. The number of sulfonamides is 1. The Labute approximate surface area is 187 Å². The van der Waals surface area contributed by atoms with Gasteiger partial charge in [-0.2, -0.15) is 4.31 Å². The van der Waals surface area contributed by atoms with Gasteiger partial charge in [-0.15, -0.1) is 0 Å². The minimum atomic E-state index is -3.76. The Bertz CT molecular complexity index is 1040. The zero-order chi connectivity index (χ0) is 23.3. The van der Waals surface area contributed by atoms with E-state index in [1.165, 1.54) is 53.7 Å². The van der Waals surface area contributed by atoms with Crippen molar-refractivity contribution < 1.29 is 31.8 Å². The Morgan fingerprint density at radius 2 is 1.72 bits per heavy atom. The lowest BCUT2D eigenvalue weighted by molar-refractivity contribution is -0.122. The lowest BCUT2D eigenvalue weighted by Gasteiger charge is -2.26. The maximum atomic E-state index is 13.1. The van der Waals surface area contributed by atoms with Crippen LogP contribution in [0.4, 0.5) is 10.1 Å². The first-order valence-corrected chi connectivity index (χ1v) is 11.7. The molecule has 0 spiro atoms. The Kier molecular flexibility index (Phi) is 7.70. The second kappa shape index (κ2) is 10.3. The molecule has 32 heavy (non-hydrogen) atoms. The van der Waals surface area contributed by atoms with E-state index in [9.17, 15) is 17.6 Å². The van der Waals surface area contributed by atoms with Crippen LogP contribution in [0.2, 0.25) is 0 Å². The summed E-state index contributed by atoms with van der Waals surface area (Å²) in [6.07, 6.45) is -1.12. The van der Waals surface area contributed by atoms with Crippen molar-refractivity contribution in [2.24, 2.45) is 0 Å². The van der Waals surface area contributed by atoms with E-state index in [1.54, 1.807) is 0 Å². The number of halogens is 1. The average molecular weight is 467 g/mol. The lowest BCUT2D eigenvalue weighted by Crippen LogP contribution is -2.40. The molecule has 10 heteroatoms. The summed E-state index contributed by atoms with van der Waals surface area (Å²) in [6.45, 7) is 6.36. The highest BCUT2D eigenvalue weighted by molar-refractivity contribution is 7.89. The van der Waals surface area contributed by atoms with E-state index in [2.05, 4.69) is 5.32 Å². The van der Waals surface area contributed by atoms with Crippen LogP contribution >= 0.6 is 0 Å². The number of anilines is 1. The Morgan fingerprint density at radius 3 is 2.34 bits per heavy atom. The number of morpholine rings is 1. The smallest absolute Gasteiger partial charge is 0.265 e. The summed E-state index contributed by atoms with van der Waals surface area (Å²) < 4.78 is 57.0. The van der Waals surface area contributed by atoms with E-state index in [4.69, 9.17) is 14.2 Å². The molecule has 8 nitrogen and oxygen atoms in total. The quantitative estimate of drug-likeness (QED) is 0.643. The minimum Gasteiger partial charge on any atom is -0.489 e. The summed E-state index contributed by atoms with van der Waals surface area (Å²) in [5.41, 5.74) is 0.215. The van der Waals surface area contributed by atoms with Crippen molar-refractivity contribution in [3.63, 3.8) is 0 Å². The minimum absolute atomic E-state index is 0.0397. The number of benzene rings is 2. The summed E-state index contributed by atoms with van der Waals surface area (Å²) in [4.78, 5) is 12.8. The van der Waals surface area contributed by atoms with Gasteiger partial charge in [-0.25, -0.2) is 12.8 Å². The first-order valence-electron chi connectivity index (χ1n) is 10.3. The number of rotatable bonds is 8. The molecule has 0 radical (unpaired) electrons. The number of amides is 1. The highest BCUT2D eigenvalue weighted by Gasteiger charge is 2.28. The van der Waals surface area contributed by atoms with Crippen molar-refractivity contribution in [3.05, 3.63) is 48.3 Å². The predicted octanol–water partition coefficient (Wildman–Crippen LogP) is 3.04. The molecule has 0 aromatic heterocycles. The fourth-order valence-electron chi connectivity index (χ4n) is 3.07. The van der Waals surface area contributed by atoms with Gasteiger partial charge in [-0.3, -0.25) is 4.79 Å². The van der Waals surface area contributed by atoms with Crippen molar-refractivity contribution in [3.8, 4) is 11.5 Å². The van der Waals surface area contributed by atoms with Gasteiger partial charge in [0.1, 0.15) is 17.3 Å². The molecule has 0 saturated carbocycles. The fraction of sp³-hybridized carbons (Fsp3) is 0.409. The first kappa shape index (κ1) is 24.0. The summed E-state index contributed by atoms with van der Waals surface area (Å²) in [7, 11) is -3.76. The topological polar surface area (TPSA) is 94.2 Å². The van der Waals surface area contributed by atoms with E-state index in [1.807, 2.05) is 13.8 Å². The number of nitrogens with one attached hydrogen (secondary N) is 1. The zero-order valence-corrected chi connectivity index (χ0v) is 19.0. The number of hydrogen-bond acceptors (Lipinski definition) is 6. The van der Waals surface area contributed by atoms with Crippen LogP contribution in [0.25, 0.3) is 0 Å². The molecule has 2 aromatic rings.